The highest BCUT2D eigenvalue weighted by atomic mass is 16.5. The van der Waals surface area contributed by atoms with E-state index in [0.717, 1.165) is 25.0 Å². The summed E-state index contributed by atoms with van der Waals surface area (Å²) >= 11 is 0. The van der Waals surface area contributed by atoms with Gasteiger partial charge in [-0.15, -0.1) is 0 Å². The Labute approximate surface area is 117 Å². The van der Waals surface area contributed by atoms with Gasteiger partial charge in [-0.3, -0.25) is 0 Å². The topological polar surface area (TPSA) is 49.7 Å². The lowest BCUT2D eigenvalue weighted by Gasteiger charge is -2.29. The van der Waals surface area contributed by atoms with E-state index in [4.69, 9.17) is 14.9 Å². The van der Waals surface area contributed by atoms with E-state index in [9.17, 15) is 0 Å². The molecular formula is C16H30O3. The van der Waals surface area contributed by atoms with Gasteiger partial charge in [-0.2, -0.15) is 0 Å². The lowest BCUT2D eigenvalue weighted by Crippen LogP contribution is -2.24. The van der Waals surface area contributed by atoms with Crippen molar-refractivity contribution in [2.45, 2.75) is 51.4 Å². The highest BCUT2D eigenvalue weighted by Crippen LogP contribution is 2.30. The smallest absolute Gasteiger partial charge is 0.0494 e. The quantitative estimate of drug-likeness (QED) is 0.780. The van der Waals surface area contributed by atoms with Crippen molar-refractivity contribution in [1.29, 1.82) is 0 Å². The fourth-order valence-electron chi connectivity index (χ4n) is 3.56. The minimum absolute atomic E-state index is 0.363. The van der Waals surface area contributed by atoms with Gasteiger partial charge in [0.05, 0.1) is 0 Å². The van der Waals surface area contributed by atoms with E-state index in [1.165, 1.54) is 51.4 Å². The van der Waals surface area contributed by atoms with Crippen molar-refractivity contribution in [2.75, 3.05) is 26.4 Å². The standard InChI is InChI=1S/C16H30O3/c17-9-13-1-5-15(6-2-13)11-19-12-16-7-3-14(10-18)4-8-16/h13-18H,1-12H2. The van der Waals surface area contributed by atoms with E-state index in [1.807, 2.05) is 0 Å². The molecule has 0 heterocycles. The molecule has 0 amide bonds. The first-order valence-electron chi connectivity index (χ1n) is 8.11. The summed E-state index contributed by atoms with van der Waals surface area (Å²) in [5.41, 5.74) is 0. The van der Waals surface area contributed by atoms with Gasteiger partial charge in [0.15, 0.2) is 0 Å². The van der Waals surface area contributed by atoms with Gasteiger partial charge < -0.3 is 14.9 Å². The Morgan fingerprint density at radius 1 is 0.579 bits per heavy atom. The third-order valence-electron chi connectivity index (χ3n) is 5.16. The molecule has 0 spiro atoms. The number of hydrogen-bond donors (Lipinski definition) is 2. The molecule has 112 valence electrons. The van der Waals surface area contributed by atoms with Crippen molar-refractivity contribution < 1.29 is 14.9 Å². The van der Waals surface area contributed by atoms with Crippen molar-refractivity contribution in [3.8, 4) is 0 Å². The fraction of sp³-hybridized carbons (Fsp3) is 1.00. The van der Waals surface area contributed by atoms with Gasteiger partial charge >= 0.3 is 0 Å². The van der Waals surface area contributed by atoms with Crippen LogP contribution in [0, 0.1) is 23.7 Å². The van der Waals surface area contributed by atoms with Gasteiger partial charge in [0, 0.05) is 26.4 Å². The first-order valence-corrected chi connectivity index (χ1v) is 8.11. The zero-order chi connectivity index (χ0) is 13.5. The molecule has 0 atom stereocenters. The molecule has 0 unspecified atom stereocenters. The van der Waals surface area contributed by atoms with Crippen LogP contribution in [0.3, 0.4) is 0 Å². The Morgan fingerprint density at radius 2 is 0.895 bits per heavy atom. The van der Waals surface area contributed by atoms with Gasteiger partial charge in [0.25, 0.3) is 0 Å². The molecule has 0 bridgehead atoms. The number of aliphatic hydroxyl groups excluding tert-OH is 2. The molecule has 0 aromatic rings. The SMILES string of the molecule is OCC1CCC(COCC2CCC(CO)CC2)CC1. The predicted molar refractivity (Wildman–Crippen MR) is 75.9 cm³/mol. The maximum absolute atomic E-state index is 9.12. The fourth-order valence-corrected chi connectivity index (χ4v) is 3.56. The number of ether oxygens (including phenoxy) is 1. The molecule has 2 aliphatic carbocycles. The number of aliphatic hydroxyl groups is 2. The Bertz CT molecular complexity index is 204. The monoisotopic (exact) mass is 270 g/mol. The van der Waals surface area contributed by atoms with E-state index in [0.29, 0.717) is 25.0 Å². The Balaban J connectivity index is 1.53. The summed E-state index contributed by atoms with van der Waals surface area (Å²) in [4.78, 5) is 0. The average Bonchev–Trinajstić information content (AvgIpc) is 2.49. The van der Waals surface area contributed by atoms with Crippen LogP contribution in [-0.4, -0.2) is 36.6 Å². The third-order valence-corrected chi connectivity index (χ3v) is 5.16. The maximum Gasteiger partial charge on any atom is 0.0494 e. The second kappa shape index (κ2) is 8.23. The van der Waals surface area contributed by atoms with Crippen LogP contribution in [0.2, 0.25) is 0 Å². The molecule has 2 fully saturated rings. The molecule has 3 heteroatoms. The minimum Gasteiger partial charge on any atom is -0.396 e. The van der Waals surface area contributed by atoms with Gasteiger partial charge in [-0.25, -0.2) is 0 Å². The van der Waals surface area contributed by atoms with Crippen molar-refractivity contribution in [2.24, 2.45) is 23.7 Å². The molecule has 2 rings (SSSR count). The Morgan fingerprint density at radius 3 is 1.21 bits per heavy atom. The summed E-state index contributed by atoms with van der Waals surface area (Å²) < 4.78 is 5.93. The van der Waals surface area contributed by atoms with Gasteiger partial charge in [0.2, 0.25) is 0 Å². The van der Waals surface area contributed by atoms with Gasteiger partial charge in [0.1, 0.15) is 0 Å². The van der Waals surface area contributed by atoms with E-state index >= 15 is 0 Å². The van der Waals surface area contributed by atoms with Crippen molar-refractivity contribution in [3.63, 3.8) is 0 Å². The first kappa shape index (κ1) is 15.3. The van der Waals surface area contributed by atoms with Gasteiger partial charge in [-0.1, -0.05) is 0 Å². The third kappa shape index (κ3) is 5.05. The molecule has 2 aliphatic rings. The molecule has 0 radical (unpaired) electrons. The summed E-state index contributed by atoms with van der Waals surface area (Å²) in [6.45, 7) is 2.56. The molecule has 0 saturated heterocycles. The Hall–Kier alpha value is -0.120. The second-order valence-corrected chi connectivity index (χ2v) is 6.68. The second-order valence-electron chi connectivity index (χ2n) is 6.68. The van der Waals surface area contributed by atoms with E-state index in [-0.39, 0.29) is 0 Å². The molecular weight excluding hydrogens is 240 g/mol. The zero-order valence-corrected chi connectivity index (χ0v) is 12.1. The lowest BCUT2D eigenvalue weighted by atomic mass is 9.82. The minimum atomic E-state index is 0.363. The zero-order valence-electron chi connectivity index (χ0n) is 12.1. The van der Waals surface area contributed by atoms with Crippen LogP contribution in [-0.2, 0) is 4.74 Å². The molecule has 2 N–H and O–H groups in total. The summed E-state index contributed by atoms with van der Waals surface area (Å²) in [7, 11) is 0. The van der Waals surface area contributed by atoms with Crippen LogP contribution in [0.5, 0.6) is 0 Å². The molecule has 2 saturated carbocycles. The van der Waals surface area contributed by atoms with Gasteiger partial charge in [-0.05, 0) is 75.0 Å². The van der Waals surface area contributed by atoms with Crippen LogP contribution in [0.25, 0.3) is 0 Å². The van der Waals surface area contributed by atoms with Crippen LogP contribution in [0.15, 0.2) is 0 Å². The largest absolute Gasteiger partial charge is 0.396 e. The van der Waals surface area contributed by atoms with Crippen LogP contribution in [0.1, 0.15) is 51.4 Å². The number of rotatable bonds is 6. The molecule has 19 heavy (non-hydrogen) atoms. The number of hydrogen-bond acceptors (Lipinski definition) is 3. The predicted octanol–water partition coefficient (Wildman–Crippen LogP) is 2.60. The lowest BCUT2D eigenvalue weighted by molar-refractivity contribution is 0.0345. The summed E-state index contributed by atoms with van der Waals surface area (Å²) in [5, 5.41) is 18.2. The summed E-state index contributed by atoms with van der Waals surface area (Å²) in [5.74, 6) is 2.53. The highest BCUT2D eigenvalue weighted by Gasteiger charge is 2.23. The van der Waals surface area contributed by atoms with E-state index in [2.05, 4.69) is 0 Å². The van der Waals surface area contributed by atoms with E-state index < -0.39 is 0 Å². The molecule has 0 aromatic heterocycles. The van der Waals surface area contributed by atoms with E-state index in [1.54, 1.807) is 0 Å². The molecule has 0 aromatic carbocycles. The highest BCUT2D eigenvalue weighted by molar-refractivity contribution is 4.74. The summed E-state index contributed by atoms with van der Waals surface area (Å²) in [6, 6.07) is 0. The average molecular weight is 270 g/mol. The van der Waals surface area contributed by atoms with Crippen molar-refractivity contribution in [3.05, 3.63) is 0 Å². The van der Waals surface area contributed by atoms with Crippen LogP contribution < -0.4 is 0 Å². The van der Waals surface area contributed by atoms with Crippen molar-refractivity contribution >= 4 is 0 Å². The van der Waals surface area contributed by atoms with Crippen molar-refractivity contribution in [1.82, 2.24) is 0 Å². The van der Waals surface area contributed by atoms with Crippen LogP contribution >= 0.6 is 0 Å². The maximum atomic E-state index is 9.12. The summed E-state index contributed by atoms with van der Waals surface area (Å²) in [6.07, 6.45) is 9.59. The van der Waals surface area contributed by atoms with Crippen LogP contribution in [0.4, 0.5) is 0 Å². The normalized spacial score (nSPS) is 36.3. The Kier molecular flexibility index (Phi) is 6.62. The molecule has 3 nitrogen and oxygen atoms in total. The first-order chi connectivity index (χ1) is 9.31. The molecule has 0 aliphatic heterocycles.